The molecule has 0 aromatic heterocycles. The number of carboxylic acids is 1. The van der Waals surface area contributed by atoms with Crippen molar-refractivity contribution < 1.29 is 24.3 Å². The van der Waals surface area contributed by atoms with E-state index in [9.17, 15) is 19.2 Å². The summed E-state index contributed by atoms with van der Waals surface area (Å²) in [5.74, 6) is -2.53. The SMILES string of the molecule is CC(NC(=O)CNC(=O)C(C)NC(=O)C1CCCN1)C(=O)O. The average Bonchev–Trinajstić information content (AvgIpc) is 2.98. The molecule has 1 rings (SSSR count). The van der Waals surface area contributed by atoms with E-state index >= 15 is 0 Å². The molecule has 1 saturated heterocycles. The summed E-state index contributed by atoms with van der Waals surface area (Å²) < 4.78 is 0. The summed E-state index contributed by atoms with van der Waals surface area (Å²) in [6.45, 7) is 3.26. The zero-order valence-electron chi connectivity index (χ0n) is 12.6. The molecule has 9 heteroatoms. The van der Waals surface area contributed by atoms with E-state index in [0.29, 0.717) is 0 Å². The Hall–Kier alpha value is -2.16. The van der Waals surface area contributed by atoms with Crippen molar-refractivity contribution in [3.63, 3.8) is 0 Å². The van der Waals surface area contributed by atoms with Crippen molar-refractivity contribution in [1.29, 1.82) is 0 Å². The van der Waals surface area contributed by atoms with E-state index in [2.05, 4.69) is 21.3 Å². The molecule has 3 amide bonds. The van der Waals surface area contributed by atoms with Crippen molar-refractivity contribution >= 4 is 23.7 Å². The van der Waals surface area contributed by atoms with Crippen molar-refractivity contribution in [3.8, 4) is 0 Å². The number of carbonyl (C=O) groups is 4. The van der Waals surface area contributed by atoms with Crippen LogP contribution in [-0.4, -0.2) is 60.0 Å². The lowest BCUT2D eigenvalue weighted by Gasteiger charge is -2.17. The van der Waals surface area contributed by atoms with Gasteiger partial charge in [-0.3, -0.25) is 19.2 Å². The molecule has 5 N–H and O–H groups in total. The van der Waals surface area contributed by atoms with Crippen LogP contribution in [0.1, 0.15) is 26.7 Å². The highest BCUT2D eigenvalue weighted by molar-refractivity contribution is 5.92. The molecule has 1 aliphatic rings. The molecule has 0 saturated carbocycles. The molecule has 0 aromatic carbocycles. The second-order valence-electron chi connectivity index (χ2n) is 5.22. The first-order valence-corrected chi connectivity index (χ1v) is 7.15. The van der Waals surface area contributed by atoms with Crippen LogP contribution in [0.25, 0.3) is 0 Å². The smallest absolute Gasteiger partial charge is 0.325 e. The second-order valence-corrected chi connectivity index (χ2v) is 5.22. The quantitative estimate of drug-likeness (QED) is 0.367. The van der Waals surface area contributed by atoms with Crippen molar-refractivity contribution in [2.24, 2.45) is 0 Å². The van der Waals surface area contributed by atoms with Crippen molar-refractivity contribution in [3.05, 3.63) is 0 Å². The van der Waals surface area contributed by atoms with Crippen LogP contribution in [0, 0.1) is 0 Å². The van der Waals surface area contributed by atoms with Crippen molar-refractivity contribution in [1.82, 2.24) is 21.3 Å². The molecular weight excluding hydrogens is 292 g/mol. The summed E-state index contributed by atoms with van der Waals surface area (Å²) in [5.41, 5.74) is 0. The van der Waals surface area contributed by atoms with Crippen LogP contribution in [0.3, 0.4) is 0 Å². The van der Waals surface area contributed by atoms with Gasteiger partial charge in [-0.05, 0) is 33.2 Å². The van der Waals surface area contributed by atoms with Crippen LogP contribution >= 0.6 is 0 Å². The normalized spacial score (nSPS) is 19.8. The van der Waals surface area contributed by atoms with Gasteiger partial charge in [-0.2, -0.15) is 0 Å². The van der Waals surface area contributed by atoms with Gasteiger partial charge < -0.3 is 26.4 Å². The van der Waals surface area contributed by atoms with Crippen molar-refractivity contribution in [2.75, 3.05) is 13.1 Å². The maximum absolute atomic E-state index is 11.8. The molecule has 0 spiro atoms. The summed E-state index contributed by atoms with van der Waals surface area (Å²) in [4.78, 5) is 45.6. The minimum absolute atomic E-state index is 0.246. The monoisotopic (exact) mass is 314 g/mol. The third kappa shape index (κ3) is 5.68. The third-order valence-electron chi connectivity index (χ3n) is 3.30. The Labute approximate surface area is 128 Å². The number of rotatable bonds is 7. The minimum Gasteiger partial charge on any atom is -0.480 e. The predicted molar refractivity (Wildman–Crippen MR) is 76.9 cm³/mol. The summed E-state index contributed by atoms with van der Waals surface area (Å²) in [7, 11) is 0. The Kier molecular flexibility index (Phi) is 6.77. The molecule has 1 heterocycles. The number of carbonyl (C=O) groups excluding carboxylic acids is 3. The van der Waals surface area contributed by atoms with Crippen LogP contribution in [0.5, 0.6) is 0 Å². The van der Waals surface area contributed by atoms with Crippen LogP contribution in [0.4, 0.5) is 0 Å². The fourth-order valence-corrected chi connectivity index (χ4v) is 1.96. The van der Waals surface area contributed by atoms with Crippen LogP contribution in [0.15, 0.2) is 0 Å². The fourth-order valence-electron chi connectivity index (χ4n) is 1.96. The summed E-state index contributed by atoms with van der Waals surface area (Å²) in [6, 6.07) is -2.09. The minimum atomic E-state index is -1.16. The van der Waals surface area contributed by atoms with Gasteiger partial charge in [0, 0.05) is 0 Å². The summed E-state index contributed by atoms with van der Waals surface area (Å²) in [6.07, 6.45) is 1.65. The highest BCUT2D eigenvalue weighted by atomic mass is 16.4. The second kappa shape index (κ2) is 8.32. The molecular formula is C13H22N4O5. The molecule has 0 aromatic rings. The molecule has 3 atom stereocenters. The zero-order chi connectivity index (χ0) is 16.7. The summed E-state index contributed by atoms with van der Waals surface area (Å²) >= 11 is 0. The lowest BCUT2D eigenvalue weighted by atomic mass is 10.2. The van der Waals surface area contributed by atoms with Gasteiger partial charge in [-0.25, -0.2) is 0 Å². The van der Waals surface area contributed by atoms with Gasteiger partial charge in [0.25, 0.3) is 0 Å². The lowest BCUT2D eigenvalue weighted by molar-refractivity contribution is -0.141. The average molecular weight is 314 g/mol. The number of aliphatic carboxylic acids is 1. The Morgan fingerprint density at radius 1 is 1.18 bits per heavy atom. The van der Waals surface area contributed by atoms with E-state index in [0.717, 1.165) is 19.4 Å². The molecule has 0 bridgehead atoms. The molecule has 22 heavy (non-hydrogen) atoms. The van der Waals surface area contributed by atoms with Gasteiger partial charge in [0.05, 0.1) is 12.6 Å². The highest BCUT2D eigenvalue weighted by Gasteiger charge is 2.25. The number of nitrogens with one attached hydrogen (secondary N) is 4. The Bertz CT molecular complexity index is 448. The highest BCUT2D eigenvalue weighted by Crippen LogP contribution is 2.04. The first-order valence-electron chi connectivity index (χ1n) is 7.15. The third-order valence-corrected chi connectivity index (χ3v) is 3.30. The van der Waals surface area contributed by atoms with E-state index in [1.54, 1.807) is 0 Å². The Morgan fingerprint density at radius 2 is 1.86 bits per heavy atom. The topological polar surface area (TPSA) is 137 Å². The number of hydrogen-bond acceptors (Lipinski definition) is 5. The van der Waals surface area contributed by atoms with Gasteiger partial charge in [-0.15, -0.1) is 0 Å². The first-order chi connectivity index (χ1) is 10.3. The predicted octanol–water partition coefficient (Wildman–Crippen LogP) is -2.05. The molecule has 0 radical (unpaired) electrons. The van der Waals surface area contributed by atoms with E-state index in [4.69, 9.17) is 5.11 Å². The van der Waals surface area contributed by atoms with Gasteiger partial charge in [0.1, 0.15) is 12.1 Å². The standard InChI is InChI=1S/C13H22N4O5/c1-7(17-12(20)9-4-3-5-14-9)11(19)15-6-10(18)16-8(2)13(21)22/h7-9,14H,3-6H2,1-2H3,(H,15,19)(H,16,18)(H,17,20)(H,21,22). The number of carboxylic acid groups (broad SMARTS) is 1. The molecule has 3 unspecified atom stereocenters. The molecule has 124 valence electrons. The maximum atomic E-state index is 11.8. The molecule has 1 aliphatic heterocycles. The van der Waals surface area contributed by atoms with Gasteiger partial charge in [-0.1, -0.05) is 0 Å². The maximum Gasteiger partial charge on any atom is 0.325 e. The molecule has 0 aliphatic carbocycles. The van der Waals surface area contributed by atoms with Crippen LogP contribution in [-0.2, 0) is 19.2 Å². The molecule has 1 fully saturated rings. The number of hydrogen-bond donors (Lipinski definition) is 5. The zero-order valence-corrected chi connectivity index (χ0v) is 12.6. The van der Waals surface area contributed by atoms with E-state index in [1.807, 2.05) is 0 Å². The lowest BCUT2D eigenvalue weighted by Crippen LogP contribution is -2.52. The molecule has 9 nitrogen and oxygen atoms in total. The first kappa shape index (κ1) is 17.9. The Morgan fingerprint density at radius 3 is 2.41 bits per heavy atom. The fraction of sp³-hybridized carbons (Fsp3) is 0.692. The van der Waals surface area contributed by atoms with E-state index in [1.165, 1.54) is 13.8 Å². The van der Waals surface area contributed by atoms with Gasteiger partial charge >= 0.3 is 5.97 Å². The summed E-state index contributed by atoms with van der Waals surface area (Å²) in [5, 5.41) is 18.8. The largest absolute Gasteiger partial charge is 0.480 e. The Balaban J connectivity index is 2.30. The number of amides is 3. The van der Waals surface area contributed by atoms with Gasteiger partial charge in [0.15, 0.2) is 0 Å². The van der Waals surface area contributed by atoms with Crippen LogP contribution < -0.4 is 21.3 Å². The van der Waals surface area contributed by atoms with Gasteiger partial charge in [0.2, 0.25) is 17.7 Å². The van der Waals surface area contributed by atoms with Crippen molar-refractivity contribution in [2.45, 2.75) is 44.8 Å². The van der Waals surface area contributed by atoms with E-state index < -0.39 is 29.9 Å². The van der Waals surface area contributed by atoms with Crippen LogP contribution in [0.2, 0.25) is 0 Å². The van der Waals surface area contributed by atoms with E-state index in [-0.39, 0.29) is 18.5 Å².